The second-order valence-electron chi connectivity index (χ2n) is 7.54. The number of methoxy groups -OCH3 is 1. The highest BCUT2D eigenvalue weighted by Crippen LogP contribution is 2.12. The van der Waals surface area contributed by atoms with Crippen LogP contribution in [0.4, 0.5) is 10.1 Å². The second kappa shape index (κ2) is 9.14. The number of hydrogen-bond acceptors (Lipinski definition) is 6. The SMILES string of the molecule is COC(=O)c1ccc(NC(=O)Cn2c(=O)n(Cc3ccc(F)cc3)c(=O)c3nn(C)cc32)cc1. The van der Waals surface area contributed by atoms with Crippen LogP contribution < -0.4 is 16.6 Å². The summed E-state index contributed by atoms with van der Waals surface area (Å²) >= 11 is 0. The summed E-state index contributed by atoms with van der Waals surface area (Å²) in [5, 5.41) is 6.80. The van der Waals surface area contributed by atoms with Crippen molar-refractivity contribution in [1.29, 1.82) is 0 Å². The third-order valence-corrected chi connectivity index (χ3v) is 5.16. The van der Waals surface area contributed by atoms with E-state index in [9.17, 15) is 23.6 Å². The zero-order valence-electron chi connectivity index (χ0n) is 18.3. The molecule has 0 atom stereocenters. The monoisotopic (exact) mass is 465 g/mol. The van der Waals surface area contributed by atoms with Crippen molar-refractivity contribution in [2.45, 2.75) is 13.1 Å². The summed E-state index contributed by atoms with van der Waals surface area (Å²) in [5.74, 6) is -1.47. The number of hydrogen-bond donors (Lipinski definition) is 1. The highest BCUT2D eigenvalue weighted by atomic mass is 19.1. The topological polar surface area (TPSA) is 117 Å². The van der Waals surface area contributed by atoms with Crippen molar-refractivity contribution in [1.82, 2.24) is 18.9 Å². The maximum atomic E-state index is 13.2. The molecule has 0 saturated heterocycles. The predicted octanol–water partition coefficient (Wildman–Crippen LogP) is 1.51. The molecule has 0 saturated carbocycles. The Labute approximate surface area is 191 Å². The highest BCUT2D eigenvalue weighted by molar-refractivity contribution is 5.93. The number of benzene rings is 2. The van der Waals surface area contributed by atoms with Gasteiger partial charge in [-0.05, 0) is 42.0 Å². The van der Waals surface area contributed by atoms with Gasteiger partial charge in [0, 0.05) is 18.9 Å². The molecule has 174 valence electrons. The molecule has 2 heterocycles. The first-order chi connectivity index (χ1) is 16.3. The summed E-state index contributed by atoms with van der Waals surface area (Å²) in [4.78, 5) is 50.4. The Morgan fingerprint density at radius 3 is 2.35 bits per heavy atom. The van der Waals surface area contributed by atoms with E-state index >= 15 is 0 Å². The number of amides is 1. The van der Waals surface area contributed by atoms with Gasteiger partial charge in [0.25, 0.3) is 5.56 Å². The third-order valence-electron chi connectivity index (χ3n) is 5.16. The molecule has 2 aromatic carbocycles. The Balaban J connectivity index is 1.66. The zero-order chi connectivity index (χ0) is 24.4. The summed E-state index contributed by atoms with van der Waals surface area (Å²) in [7, 11) is 2.87. The fraction of sp³-hybridized carbons (Fsp3) is 0.174. The number of carbonyl (C=O) groups excluding carboxylic acids is 2. The Kier molecular flexibility index (Phi) is 6.09. The minimum atomic E-state index is -0.703. The van der Waals surface area contributed by atoms with Gasteiger partial charge in [0.2, 0.25) is 5.91 Å². The van der Waals surface area contributed by atoms with Crippen molar-refractivity contribution < 1.29 is 18.7 Å². The van der Waals surface area contributed by atoms with Gasteiger partial charge in [-0.25, -0.2) is 14.0 Å². The van der Waals surface area contributed by atoms with Crippen LogP contribution in [0.2, 0.25) is 0 Å². The molecule has 0 bridgehead atoms. The number of rotatable bonds is 6. The number of carbonyl (C=O) groups is 2. The van der Waals surface area contributed by atoms with Gasteiger partial charge < -0.3 is 10.1 Å². The first-order valence-electron chi connectivity index (χ1n) is 10.2. The lowest BCUT2D eigenvalue weighted by Gasteiger charge is -2.12. The molecule has 0 radical (unpaired) electrons. The molecule has 0 fully saturated rings. The lowest BCUT2D eigenvalue weighted by molar-refractivity contribution is -0.116. The molecule has 10 nitrogen and oxygen atoms in total. The summed E-state index contributed by atoms with van der Waals surface area (Å²) in [5.41, 5.74) is 0.196. The van der Waals surface area contributed by atoms with Crippen LogP contribution >= 0.6 is 0 Å². The average Bonchev–Trinajstić information content (AvgIpc) is 3.22. The van der Waals surface area contributed by atoms with Crippen molar-refractivity contribution in [3.05, 3.63) is 92.5 Å². The molecule has 4 rings (SSSR count). The molecule has 0 aliphatic heterocycles. The fourth-order valence-electron chi connectivity index (χ4n) is 3.51. The van der Waals surface area contributed by atoms with Gasteiger partial charge in [-0.15, -0.1) is 0 Å². The second-order valence-corrected chi connectivity index (χ2v) is 7.54. The minimum absolute atomic E-state index is 0.0273. The number of fused-ring (bicyclic) bond motifs is 1. The number of aryl methyl sites for hydroxylation is 1. The van der Waals surface area contributed by atoms with Crippen molar-refractivity contribution in [3.63, 3.8) is 0 Å². The fourth-order valence-corrected chi connectivity index (χ4v) is 3.51. The molecule has 4 aromatic rings. The summed E-state index contributed by atoms with van der Waals surface area (Å²) in [6.45, 7) is -0.495. The van der Waals surface area contributed by atoms with Gasteiger partial charge in [0.05, 0.1) is 24.7 Å². The first kappa shape index (κ1) is 22.6. The Hall–Kier alpha value is -4.54. The number of nitrogens with zero attached hydrogens (tertiary/aromatic N) is 4. The molecular weight excluding hydrogens is 445 g/mol. The molecule has 1 amide bonds. The largest absolute Gasteiger partial charge is 0.465 e. The van der Waals surface area contributed by atoms with Crippen LogP contribution in [-0.4, -0.2) is 37.9 Å². The van der Waals surface area contributed by atoms with E-state index in [2.05, 4.69) is 15.2 Å². The molecule has 0 unspecified atom stereocenters. The van der Waals surface area contributed by atoms with Gasteiger partial charge >= 0.3 is 11.7 Å². The molecule has 0 spiro atoms. The van der Waals surface area contributed by atoms with Gasteiger partial charge in [-0.3, -0.25) is 23.4 Å². The minimum Gasteiger partial charge on any atom is -0.465 e. The number of halogens is 1. The van der Waals surface area contributed by atoms with E-state index in [1.807, 2.05) is 0 Å². The van der Waals surface area contributed by atoms with E-state index in [4.69, 9.17) is 0 Å². The predicted molar refractivity (Wildman–Crippen MR) is 121 cm³/mol. The van der Waals surface area contributed by atoms with Gasteiger partial charge in [0.15, 0.2) is 5.52 Å². The van der Waals surface area contributed by atoms with Crippen LogP contribution in [0.15, 0.2) is 64.3 Å². The maximum Gasteiger partial charge on any atom is 0.337 e. The summed E-state index contributed by atoms with van der Waals surface area (Å²) in [6.07, 6.45) is 1.48. The van der Waals surface area contributed by atoms with Gasteiger partial charge in [-0.2, -0.15) is 5.10 Å². The molecule has 34 heavy (non-hydrogen) atoms. The van der Waals surface area contributed by atoms with Gasteiger partial charge in [-0.1, -0.05) is 12.1 Å². The molecule has 1 N–H and O–H groups in total. The van der Waals surface area contributed by atoms with Gasteiger partial charge in [0.1, 0.15) is 12.4 Å². The zero-order valence-corrected chi connectivity index (χ0v) is 18.3. The average molecular weight is 465 g/mol. The summed E-state index contributed by atoms with van der Waals surface area (Å²) in [6, 6.07) is 11.5. The summed E-state index contributed by atoms with van der Waals surface area (Å²) < 4.78 is 21.4. The Morgan fingerprint density at radius 1 is 1.03 bits per heavy atom. The lowest BCUT2D eigenvalue weighted by atomic mass is 10.2. The van der Waals surface area contributed by atoms with Crippen LogP contribution in [0.1, 0.15) is 15.9 Å². The lowest BCUT2D eigenvalue weighted by Crippen LogP contribution is -2.41. The molecule has 11 heteroatoms. The van der Waals surface area contributed by atoms with Crippen LogP contribution in [-0.2, 0) is 29.7 Å². The first-order valence-corrected chi connectivity index (χ1v) is 10.2. The van der Waals surface area contributed by atoms with E-state index in [0.29, 0.717) is 16.8 Å². The number of nitrogens with one attached hydrogen (secondary N) is 1. The number of aromatic nitrogens is 4. The van der Waals surface area contributed by atoms with Crippen molar-refractivity contribution in [2.24, 2.45) is 7.05 Å². The number of ether oxygens (including phenoxy) is 1. The third kappa shape index (κ3) is 4.49. The van der Waals surface area contributed by atoms with E-state index < -0.39 is 28.9 Å². The normalized spacial score (nSPS) is 10.9. The smallest absolute Gasteiger partial charge is 0.337 e. The standard InChI is InChI=1S/C23H20FN5O5/c1-27-12-18-20(26-27)21(31)29(11-14-3-7-16(24)8-4-14)23(33)28(18)13-19(30)25-17-9-5-15(6-10-17)22(32)34-2/h3-10,12H,11,13H2,1-2H3,(H,25,30). The van der Waals surface area contributed by atoms with Crippen LogP contribution in [0.3, 0.4) is 0 Å². The Bertz CT molecular complexity index is 1500. The number of esters is 1. The highest BCUT2D eigenvalue weighted by Gasteiger charge is 2.18. The molecular formula is C23H20FN5O5. The van der Waals surface area contributed by atoms with Crippen LogP contribution in [0.25, 0.3) is 11.0 Å². The van der Waals surface area contributed by atoms with Crippen LogP contribution in [0, 0.1) is 5.82 Å². The van der Waals surface area contributed by atoms with E-state index in [-0.39, 0.29) is 24.1 Å². The molecule has 0 aliphatic rings. The van der Waals surface area contributed by atoms with Crippen molar-refractivity contribution >= 4 is 28.6 Å². The van der Waals surface area contributed by atoms with Crippen LogP contribution in [0.5, 0.6) is 0 Å². The van der Waals surface area contributed by atoms with E-state index in [1.165, 1.54) is 66.5 Å². The number of anilines is 1. The Morgan fingerprint density at radius 2 is 1.71 bits per heavy atom. The molecule has 2 aromatic heterocycles. The quantitative estimate of drug-likeness (QED) is 0.432. The van der Waals surface area contributed by atoms with E-state index in [0.717, 1.165) is 9.13 Å². The van der Waals surface area contributed by atoms with Crippen molar-refractivity contribution in [3.8, 4) is 0 Å². The maximum absolute atomic E-state index is 13.2. The molecule has 0 aliphatic carbocycles. The van der Waals surface area contributed by atoms with E-state index in [1.54, 1.807) is 7.05 Å². The van der Waals surface area contributed by atoms with Crippen molar-refractivity contribution in [2.75, 3.05) is 12.4 Å².